The molecule has 3 aromatic rings. The monoisotopic (exact) mass is 469 g/mol. The fourth-order valence-corrected chi connectivity index (χ4v) is 3.94. The lowest BCUT2D eigenvalue weighted by atomic mass is 9.89. The lowest BCUT2D eigenvalue weighted by molar-refractivity contribution is 0.0780. The van der Waals surface area contributed by atoms with Gasteiger partial charge >= 0.3 is 6.09 Å². The third-order valence-electron chi connectivity index (χ3n) is 5.83. The number of hydrogen-bond donors (Lipinski definition) is 3. The molecule has 1 amide bonds. The van der Waals surface area contributed by atoms with Crippen LogP contribution < -0.4 is 10.6 Å². The molecule has 0 atom stereocenters. The van der Waals surface area contributed by atoms with Gasteiger partial charge in [-0.25, -0.2) is 4.79 Å². The summed E-state index contributed by atoms with van der Waals surface area (Å²) in [6, 6.07) is 10.8. The molecule has 174 valence electrons. The van der Waals surface area contributed by atoms with Gasteiger partial charge in [-0.3, -0.25) is 4.98 Å². The molecule has 0 saturated carbocycles. The molecule has 3 N–H and O–H groups in total. The predicted molar refractivity (Wildman–Crippen MR) is 127 cm³/mol. The number of phenols is 1. The Bertz CT molecular complexity index is 1110. The molecule has 3 heterocycles. The van der Waals surface area contributed by atoms with Crippen LogP contribution >= 0.6 is 11.6 Å². The van der Waals surface area contributed by atoms with Crippen LogP contribution in [0.25, 0.3) is 22.5 Å². The molecule has 1 fully saturated rings. The fourth-order valence-electron chi connectivity index (χ4n) is 3.82. The molecule has 1 saturated heterocycles. The van der Waals surface area contributed by atoms with Crippen LogP contribution in [-0.2, 0) is 10.2 Å². The van der Waals surface area contributed by atoms with E-state index in [0.717, 1.165) is 42.6 Å². The van der Waals surface area contributed by atoms with Crippen molar-refractivity contribution in [3.05, 3.63) is 59.6 Å². The van der Waals surface area contributed by atoms with Crippen molar-refractivity contribution in [1.82, 2.24) is 15.6 Å². The first kappa shape index (κ1) is 23.1. The van der Waals surface area contributed by atoms with E-state index in [4.69, 9.17) is 20.8 Å². The minimum absolute atomic E-state index is 0.000759. The van der Waals surface area contributed by atoms with Gasteiger partial charge < -0.3 is 24.9 Å². The summed E-state index contributed by atoms with van der Waals surface area (Å²) in [6.45, 7) is 6.05. The van der Waals surface area contributed by atoms with Crippen LogP contribution in [0.4, 0.5) is 4.79 Å². The molecule has 7 nitrogen and oxygen atoms in total. The summed E-state index contributed by atoms with van der Waals surface area (Å²) in [7, 11) is 0. The number of nitrogens with zero attached hydrogens (tertiary/aromatic N) is 1. The number of halogens is 1. The maximum atomic E-state index is 12.3. The second-order valence-corrected chi connectivity index (χ2v) is 9.25. The first-order valence-electron chi connectivity index (χ1n) is 11.0. The van der Waals surface area contributed by atoms with Gasteiger partial charge in [-0.15, -0.1) is 0 Å². The fraction of sp³-hybridized carbons (Fsp3) is 0.360. The van der Waals surface area contributed by atoms with Crippen molar-refractivity contribution in [3.8, 4) is 28.2 Å². The number of piperidine rings is 1. The van der Waals surface area contributed by atoms with Gasteiger partial charge in [0.05, 0.1) is 5.02 Å². The van der Waals surface area contributed by atoms with Crippen LogP contribution in [-0.4, -0.2) is 41.9 Å². The number of pyridine rings is 1. The van der Waals surface area contributed by atoms with Crippen LogP contribution in [0.1, 0.15) is 32.4 Å². The molecule has 0 bridgehead atoms. The van der Waals surface area contributed by atoms with Gasteiger partial charge in [-0.1, -0.05) is 31.5 Å². The third-order valence-corrected chi connectivity index (χ3v) is 6.15. The normalized spacial score (nSPS) is 14.8. The van der Waals surface area contributed by atoms with Crippen molar-refractivity contribution >= 4 is 17.7 Å². The maximum absolute atomic E-state index is 12.3. The summed E-state index contributed by atoms with van der Waals surface area (Å²) >= 11 is 6.01. The van der Waals surface area contributed by atoms with E-state index in [1.165, 1.54) is 0 Å². The third kappa shape index (κ3) is 5.49. The molecule has 8 heteroatoms. The smallest absolute Gasteiger partial charge is 0.407 e. The zero-order chi connectivity index (χ0) is 23.4. The summed E-state index contributed by atoms with van der Waals surface area (Å²) in [5.41, 5.74) is 1.93. The van der Waals surface area contributed by atoms with Crippen molar-refractivity contribution in [2.45, 2.75) is 38.2 Å². The molecule has 0 aliphatic carbocycles. The summed E-state index contributed by atoms with van der Waals surface area (Å²) in [5, 5.41) is 16.6. The van der Waals surface area contributed by atoms with Gasteiger partial charge in [0.1, 0.15) is 23.4 Å². The zero-order valence-electron chi connectivity index (χ0n) is 18.7. The number of rotatable bonds is 6. The number of alkyl carbamates (subject to hydrolysis) is 1. The quantitative estimate of drug-likeness (QED) is 0.463. The van der Waals surface area contributed by atoms with E-state index in [0.29, 0.717) is 18.1 Å². The number of amides is 1. The van der Waals surface area contributed by atoms with Gasteiger partial charge in [0.25, 0.3) is 0 Å². The van der Waals surface area contributed by atoms with Gasteiger partial charge in [0.15, 0.2) is 0 Å². The van der Waals surface area contributed by atoms with Crippen LogP contribution in [0.15, 0.2) is 53.2 Å². The number of aromatic nitrogens is 1. The van der Waals surface area contributed by atoms with Crippen LogP contribution in [0, 0.1) is 0 Å². The molecular weight excluding hydrogens is 442 g/mol. The number of benzene rings is 1. The maximum Gasteiger partial charge on any atom is 0.407 e. The van der Waals surface area contributed by atoms with E-state index in [-0.39, 0.29) is 16.9 Å². The highest BCUT2D eigenvalue weighted by Gasteiger charge is 2.29. The minimum atomic E-state index is -0.512. The van der Waals surface area contributed by atoms with Gasteiger partial charge in [-0.2, -0.15) is 0 Å². The van der Waals surface area contributed by atoms with Crippen molar-refractivity contribution in [3.63, 3.8) is 0 Å². The van der Waals surface area contributed by atoms with Crippen molar-refractivity contribution in [2.24, 2.45) is 0 Å². The lowest BCUT2D eigenvalue weighted by Gasteiger charge is -2.25. The molecule has 0 spiro atoms. The Hall–Kier alpha value is -3.03. The Morgan fingerprint density at radius 3 is 2.64 bits per heavy atom. The number of furan rings is 1. The molecule has 0 unspecified atom stereocenters. The highest BCUT2D eigenvalue weighted by molar-refractivity contribution is 6.32. The molecule has 1 aliphatic rings. The Labute approximate surface area is 198 Å². The number of phenolic OH excluding ortho intramolecular Hbond substituents is 1. The molecule has 2 aromatic heterocycles. The first-order valence-corrected chi connectivity index (χ1v) is 11.4. The highest BCUT2D eigenvalue weighted by Crippen LogP contribution is 2.40. The van der Waals surface area contributed by atoms with E-state index in [2.05, 4.69) is 15.6 Å². The van der Waals surface area contributed by atoms with E-state index >= 15 is 0 Å². The minimum Gasteiger partial charge on any atom is -0.506 e. The number of aromatic hydroxyl groups is 1. The van der Waals surface area contributed by atoms with Gasteiger partial charge in [-0.05, 0) is 61.8 Å². The average Bonchev–Trinajstić information content (AvgIpc) is 3.27. The second-order valence-electron chi connectivity index (χ2n) is 8.85. The molecule has 0 radical (unpaired) electrons. The van der Waals surface area contributed by atoms with Crippen LogP contribution in [0.3, 0.4) is 0 Å². The molecular formula is C25H28ClN3O4. The van der Waals surface area contributed by atoms with E-state index in [1.807, 2.05) is 38.1 Å². The van der Waals surface area contributed by atoms with Crippen molar-refractivity contribution < 1.29 is 19.1 Å². The Balaban J connectivity index is 1.58. The summed E-state index contributed by atoms with van der Waals surface area (Å²) in [4.78, 5) is 16.4. The predicted octanol–water partition coefficient (Wildman–Crippen LogP) is 5.12. The van der Waals surface area contributed by atoms with Crippen molar-refractivity contribution in [1.29, 1.82) is 0 Å². The lowest BCUT2D eigenvalue weighted by Crippen LogP contribution is -2.40. The molecule has 1 aliphatic heterocycles. The van der Waals surface area contributed by atoms with Crippen LogP contribution in [0.5, 0.6) is 5.75 Å². The number of carbonyl (C=O) groups is 1. The SMILES string of the molecule is CC(C)(CNC(=O)OC1CCNCC1)c1cc(-c2ccc(Cl)c(O)c2)c(-c2ccncc2)o1. The number of carbonyl (C=O) groups excluding carboxylic acids is 1. The van der Waals surface area contributed by atoms with E-state index < -0.39 is 11.5 Å². The first-order chi connectivity index (χ1) is 15.8. The van der Waals surface area contributed by atoms with Crippen LogP contribution in [0.2, 0.25) is 5.02 Å². The molecule has 1 aromatic carbocycles. The zero-order valence-corrected chi connectivity index (χ0v) is 19.5. The van der Waals surface area contributed by atoms with Gasteiger partial charge in [0.2, 0.25) is 0 Å². The van der Waals surface area contributed by atoms with E-state index in [9.17, 15) is 9.90 Å². The topological polar surface area (TPSA) is 96.6 Å². The highest BCUT2D eigenvalue weighted by atomic mass is 35.5. The van der Waals surface area contributed by atoms with Crippen molar-refractivity contribution in [2.75, 3.05) is 19.6 Å². The summed E-state index contributed by atoms with van der Waals surface area (Å²) < 4.78 is 11.9. The largest absolute Gasteiger partial charge is 0.506 e. The molecule has 4 rings (SSSR count). The van der Waals surface area contributed by atoms with Gasteiger partial charge in [0, 0.05) is 35.5 Å². The molecule has 33 heavy (non-hydrogen) atoms. The Morgan fingerprint density at radius 1 is 1.21 bits per heavy atom. The average molecular weight is 470 g/mol. The Kier molecular flexibility index (Phi) is 6.91. The van der Waals surface area contributed by atoms with E-state index in [1.54, 1.807) is 24.5 Å². The standard InChI is InChI=1S/C25H28ClN3O4/c1-25(2,15-29-24(31)32-18-7-11-28-12-8-18)22-14-19(17-3-4-20(26)21(30)13-17)23(33-22)16-5-9-27-10-6-16/h3-6,9-10,13-14,18,28,30H,7-8,11-12,15H2,1-2H3,(H,29,31). The summed E-state index contributed by atoms with van der Waals surface area (Å²) in [5.74, 6) is 1.35. The summed E-state index contributed by atoms with van der Waals surface area (Å²) in [6.07, 6.45) is 4.57. The Morgan fingerprint density at radius 2 is 1.94 bits per heavy atom. The second kappa shape index (κ2) is 9.85. The number of ether oxygens (including phenoxy) is 1. The number of nitrogens with one attached hydrogen (secondary N) is 2. The number of hydrogen-bond acceptors (Lipinski definition) is 6.